The summed E-state index contributed by atoms with van der Waals surface area (Å²) in [6.07, 6.45) is 5.75. The van der Waals surface area contributed by atoms with E-state index >= 15 is 0 Å². The molecule has 0 amide bonds. The second kappa shape index (κ2) is 8.97. The summed E-state index contributed by atoms with van der Waals surface area (Å²) in [5.41, 5.74) is 4.11. The summed E-state index contributed by atoms with van der Waals surface area (Å²) in [5, 5.41) is 7.08. The molecule has 0 bridgehead atoms. The van der Waals surface area contributed by atoms with E-state index in [0.717, 1.165) is 29.7 Å². The highest BCUT2D eigenvalue weighted by Gasteiger charge is 2.19. The molecule has 2 aromatic rings. The zero-order valence-electron chi connectivity index (χ0n) is 15.6. The van der Waals surface area contributed by atoms with Gasteiger partial charge in [0.25, 0.3) is 0 Å². The summed E-state index contributed by atoms with van der Waals surface area (Å²) >= 11 is 0. The first kappa shape index (κ1) is 18.6. The molecule has 2 N–H and O–H groups in total. The smallest absolute Gasteiger partial charge is 0.150 e. The van der Waals surface area contributed by atoms with Crippen molar-refractivity contribution in [2.75, 3.05) is 14.2 Å². The number of hydrogen-bond donors (Lipinski definition) is 2. The van der Waals surface area contributed by atoms with Gasteiger partial charge in [-0.05, 0) is 56.0 Å². The summed E-state index contributed by atoms with van der Waals surface area (Å²) in [6, 6.07) is 15.2. The van der Waals surface area contributed by atoms with E-state index in [4.69, 9.17) is 4.74 Å². The van der Waals surface area contributed by atoms with Crippen LogP contribution in [0, 0.1) is 0 Å². The molecule has 0 saturated heterocycles. The van der Waals surface area contributed by atoms with Gasteiger partial charge in [0.1, 0.15) is 12.0 Å². The lowest BCUT2D eigenvalue weighted by molar-refractivity contribution is 0.112. The van der Waals surface area contributed by atoms with Crippen LogP contribution in [0.4, 0.5) is 0 Å². The van der Waals surface area contributed by atoms with E-state index < -0.39 is 0 Å². The number of nitrogens with one attached hydrogen (secondary N) is 2. The maximum atomic E-state index is 10.8. The van der Waals surface area contributed by atoms with Gasteiger partial charge in [-0.2, -0.15) is 0 Å². The molecule has 1 saturated carbocycles. The van der Waals surface area contributed by atoms with Gasteiger partial charge in [0.2, 0.25) is 0 Å². The fourth-order valence-electron chi connectivity index (χ4n) is 3.69. The van der Waals surface area contributed by atoms with E-state index in [1.807, 2.05) is 30.3 Å². The van der Waals surface area contributed by atoms with Gasteiger partial charge in [-0.1, -0.05) is 30.3 Å². The van der Waals surface area contributed by atoms with Crippen molar-refractivity contribution >= 4 is 6.29 Å². The number of methoxy groups -OCH3 is 1. The minimum Gasteiger partial charge on any atom is -0.496 e. The Labute approximate surface area is 156 Å². The van der Waals surface area contributed by atoms with Crippen molar-refractivity contribution in [3.63, 3.8) is 0 Å². The van der Waals surface area contributed by atoms with Crippen LogP contribution >= 0.6 is 0 Å². The molecule has 0 aromatic heterocycles. The van der Waals surface area contributed by atoms with E-state index in [2.05, 4.69) is 29.8 Å². The number of aldehydes is 1. The van der Waals surface area contributed by atoms with Crippen LogP contribution in [-0.2, 0) is 6.54 Å². The summed E-state index contributed by atoms with van der Waals surface area (Å²) in [6.45, 7) is 0.804. The maximum Gasteiger partial charge on any atom is 0.150 e. The third-order valence-corrected chi connectivity index (χ3v) is 5.38. The standard InChI is InChI=1S/C22H28N2O2/c1-23-20-8-10-21(11-9-20)24-14-19-13-18(7-12-22(19)26-2)17-5-3-16(15-25)4-6-17/h3-7,12-13,15,20-21,23-24H,8-11,14H2,1-2H3. The van der Waals surface area contributed by atoms with E-state index in [-0.39, 0.29) is 0 Å². The number of rotatable bonds is 7. The normalized spacial score (nSPS) is 19.9. The first-order chi connectivity index (χ1) is 12.7. The van der Waals surface area contributed by atoms with Crippen molar-refractivity contribution < 1.29 is 9.53 Å². The molecule has 3 rings (SSSR count). The SMILES string of the molecule is CNC1CCC(NCc2cc(-c3ccc(C=O)cc3)ccc2OC)CC1. The molecule has 26 heavy (non-hydrogen) atoms. The van der Waals surface area contributed by atoms with Crippen molar-refractivity contribution in [2.45, 2.75) is 44.3 Å². The fraction of sp³-hybridized carbons (Fsp3) is 0.409. The van der Waals surface area contributed by atoms with Crippen LogP contribution in [0.5, 0.6) is 5.75 Å². The molecule has 1 fully saturated rings. The number of ether oxygens (including phenoxy) is 1. The molecule has 138 valence electrons. The Morgan fingerprint density at radius 3 is 2.27 bits per heavy atom. The highest BCUT2D eigenvalue weighted by Crippen LogP contribution is 2.27. The number of benzene rings is 2. The summed E-state index contributed by atoms with van der Waals surface area (Å²) in [5.74, 6) is 0.912. The number of carbonyl (C=O) groups is 1. The summed E-state index contributed by atoms with van der Waals surface area (Å²) < 4.78 is 5.55. The quantitative estimate of drug-likeness (QED) is 0.744. The molecule has 0 unspecified atom stereocenters. The third-order valence-electron chi connectivity index (χ3n) is 5.38. The first-order valence-electron chi connectivity index (χ1n) is 9.36. The van der Waals surface area contributed by atoms with Crippen molar-refractivity contribution in [3.05, 3.63) is 53.6 Å². The van der Waals surface area contributed by atoms with Crippen molar-refractivity contribution in [1.82, 2.24) is 10.6 Å². The zero-order chi connectivity index (χ0) is 18.4. The third kappa shape index (κ3) is 4.51. The van der Waals surface area contributed by atoms with E-state index in [9.17, 15) is 4.79 Å². The Balaban J connectivity index is 1.70. The van der Waals surface area contributed by atoms with Gasteiger partial charge in [0.15, 0.2) is 0 Å². The molecule has 0 aliphatic heterocycles. The lowest BCUT2D eigenvalue weighted by atomic mass is 9.91. The van der Waals surface area contributed by atoms with Crippen molar-refractivity contribution in [2.24, 2.45) is 0 Å². The van der Waals surface area contributed by atoms with Crippen molar-refractivity contribution in [3.8, 4) is 16.9 Å². The molecular weight excluding hydrogens is 324 g/mol. The van der Waals surface area contributed by atoms with Gasteiger partial charge in [0, 0.05) is 29.8 Å². The number of carbonyl (C=O) groups excluding carboxylic acids is 1. The van der Waals surface area contributed by atoms with Crippen LogP contribution in [0.2, 0.25) is 0 Å². The minimum atomic E-state index is 0.569. The van der Waals surface area contributed by atoms with Gasteiger partial charge in [-0.25, -0.2) is 0 Å². The summed E-state index contributed by atoms with van der Waals surface area (Å²) in [4.78, 5) is 10.8. The van der Waals surface area contributed by atoms with Crippen LogP contribution in [0.25, 0.3) is 11.1 Å². The second-order valence-corrected chi connectivity index (χ2v) is 6.98. The van der Waals surface area contributed by atoms with Gasteiger partial charge in [-0.15, -0.1) is 0 Å². The molecule has 0 spiro atoms. The van der Waals surface area contributed by atoms with E-state index in [1.54, 1.807) is 7.11 Å². The Morgan fingerprint density at radius 2 is 1.65 bits per heavy atom. The predicted molar refractivity (Wildman–Crippen MR) is 106 cm³/mol. The van der Waals surface area contributed by atoms with E-state index in [0.29, 0.717) is 17.6 Å². The lowest BCUT2D eigenvalue weighted by Crippen LogP contribution is -2.38. The largest absolute Gasteiger partial charge is 0.496 e. The average Bonchev–Trinajstić information content (AvgIpc) is 2.72. The molecule has 1 aliphatic carbocycles. The van der Waals surface area contributed by atoms with Crippen LogP contribution in [0.15, 0.2) is 42.5 Å². The molecular formula is C22H28N2O2. The second-order valence-electron chi connectivity index (χ2n) is 6.98. The Bertz CT molecular complexity index is 719. The van der Waals surface area contributed by atoms with Gasteiger partial charge < -0.3 is 15.4 Å². The van der Waals surface area contributed by atoms with Crippen molar-refractivity contribution in [1.29, 1.82) is 0 Å². The fourth-order valence-corrected chi connectivity index (χ4v) is 3.69. The van der Waals surface area contributed by atoms with Crippen LogP contribution in [-0.4, -0.2) is 32.5 Å². The number of hydrogen-bond acceptors (Lipinski definition) is 4. The molecule has 1 aliphatic rings. The Hall–Kier alpha value is -2.17. The van der Waals surface area contributed by atoms with Crippen LogP contribution < -0.4 is 15.4 Å². The van der Waals surface area contributed by atoms with E-state index in [1.165, 1.54) is 31.2 Å². The molecule has 0 radical (unpaired) electrons. The summed E-state index contributed by atoms with van der Waals surface area (Å²) in [7, 11) is 3.77. The van der Waals surface area contributed by atoms with Gasteiger partial charge >= 0.3 is 0 Å². The van der Waals surface area contributed by atoms with Crippen LogP contribution in [0.3, 0.4) is 0 Å². The molecule has 4 heteroatoms. The maximum absolute atomic E-state index is 10.8. The zero-order valence-corrected chi connectivity index (χ0v) is 15.6. The monoisotopic (exact) mass is 352 g/mol. The van der Waals surface area contributed by atoms with Gasteiger partial charge in [-0.3, -0.25) is 4.79 Å². The minimum absolute atomic E-state index is 0.569. The lowest BCUT2D eigenvalue weighted by Gasteiger charge is -2.29. The van der Waals surface area contributed by atoms with Gasteiger partial charge in [0.05, 0.1) is 7.11 Å². The highest BCUT2D eigenvalue weighted by atomic mass is 16.5. The first-order valence-corrected chi connectivity index (χ1v) is 9.36. The Kier molecular flexibility index (Phi) is 6.42. The molecule has 2 aromatic carbocycles. The highest BCUT2D eigenvalue weighted by molar-refractivity contribution is 5.77. The predicted octanol–water partition coefficient (Wildman–Crippen LogP) is 3.79. The average molecular weight is 352 g/mol. The Morgan fingerprint density at radius 1 is 1.00 bits per heavy atom. The topological polar surface area (TPSA) is 50.4 Å². The molecule has 0 heterocycles. The van der Waals surface area contributed by atoms with Crippen LogP contribution in [0.1, 0.15) is 41.6 Å². The molecule has 0 atom stereocenters. The molecule has 4 nitrogen and oxygen atoms in total.